The number of nitrogens with zero attached hydrogens (tertiary/aromatic N) is 5. The maximum atomic E-state index is 12.7. The van der Waals surface area contributed by atoms with Gasteiger partial charge in [-0.15, -0.1) is 0 Å². The third kappa shape index (κ3) is 5.03. The largest absolute Gasteiger partial charge is 0.373 e. The number of amides is 2. The van der Waals surface area contributed by atoms with E-state index in [2.05, 4.69) is 34.2 Å². The summed E-state index contributed by atoms with van der Waals surface area (Å²) in [5.74, 6) is 0.991. The van der Waals surface area contributed by atoms with E-state index in [0.717, 1.165) is 24.2 Å². The molecule has 2 aromatic heterocycles. The average Bonchev–Trinajstić information content (AvgIpc) is 3.11. The van der Waals surface area contributed by atoms with Gasteiger partial charge in [-0.1, -0.05) is 19.9 Å². The first-order valence-electron chi connectivity index (χ1n) is 9.44. The van der Waals surface area contributed by atoms with Crippen molar-refractivity contribution >= 4 is 6.03 Å². The van der Waals surface area contributed by atoms with E-state index in [1.165, 1.54) is 6.33 Å². The molecule has 8 heteroatoms. The number of carbonyl (C=O) groups excluding carboxylic acids is 1. The number of likely N-dealkylation sites (tertiary alicyclic amines) is 1. The predicted octanol–water partition coefficient (Wildman–Crippen LogP) is 2.30. The predicted molar refractivity (Wildman–Crippen MR) is 101 cm³/mol. The molecule has 0 aromatic carbocycles. The molecule has 1 aliphatic heterocycles. The third-order valence-corrected chi connectivity index (χ3v) is 4.91. The van der Waals surface area contributed by atoms with Crippen LogP contribution in [0.1, 0.15) is 44.1 Å². The van der Waals surface area contributed by atoms with Gasteiger partial charge in [-0.2, -0.15) is 5.10 Å². The zero-order chi connectivity index (χ0) is 19.2. The summed E-state index contributed by atoms with van der Waals surface area (Å²) in [7, 11) is 1.84. The molecule has 0 aliphatic carbocycles. The van der Waals surface area contributed by atoms with Crippen LogP contribution in [0.4, 0.5) is 4.79 Å². The Labute approximate surface area is 159 Å². The summed E-state index contributed by atoms with van der Waals surface area (Å²) in [6.07, 6.45) is 6.94. The molecule has 1 N–H and O–H groups in total. The normalized spacial score (nSPS) is 16.5. The lowest BCUT2D eigenvalue weighted by molar-refractivity contribution is 0.00404. The molecule has 0 radical (unpaired) electrons. The number of carbonyl (C=O) groups is 1. The summed E-state index contributed by atoms with van der Waals surface area (Å²) < 4.78 is 7.68. The highest BCUT2D eigenvalue weighted by atomic mass is 16.5. The van der Waals surface area contributed by atoms with Crippen LogP contribution in [0.3, 0.4) is 0 Å². The summed E-state index contributed by atoms with van der Waals surface area (Å²) in [6.45, 7) is 6.07. The first-order chi connectivity index (χ1) is 13.0. The van der Waals surface area contributed by atoms with Gasteiger partial charge in [0.15, 0.2) is 0 Å². The minimum absolute atomic E-state index is 0.0533. The molecule has 1 atom stereocenters. The second kappa shape index (κ2) is 8.94. The summed E-state index contributed by atoms with van der Waals surface area (Å²) in [5, 5.41) is 7.23. The number of hydrogen-bond acceptors (Lipinski definition) is 5. The number of aromatic nitrogens is 4. The molecule has 2 aromatic rings. The molecule has 3 heterocycles. The summed E-state index contributed by atoms with van der Waals surface area (Å²) in [4.78, 5) is 23.0. The summed E-state index contributed by atoms with van der Waals surface area (Å²) in [5.41, 5.74) is 1.07. The lowest BCUT2D eigenvalue weighted by atomic mass is 10.0. The number of ether oxygens (including phenoxy) is 1. The Bertz CT molecular complexity index is 725. The first-order valence-corrected chi connectivity index (χ1v) is 9.44. The number of hydrogen-bond donors (Lipinski definition) is 1. The number of aryl methyl sites for hydroxylation is 1. The van der Waals surface area contributed by atoms with Gasteiger partial charge in [-0.3, -0.25) is 9.67 Å². The van der Waals surface area contributed by atoms with E-state index in [1.807, 2.05) is 30.3 Å². The average molecular weight is 372 g/mol. The Morgan fingerprint density at radius 2 is 2.15 bits per heavy atom. The molecule has 0 spiro atoms. The van der Waals surface area contributed by atoms with Crippen molar-refractivity contribution in [2.45, 2.75) is 45.4 Å². The minimum atomic E-state index is -0.162. The lowest BCUT2D eigenvalue weighted by Gasteiger charge is -2.33. The summed E-state index contributed by atoms with van der Waals surface area (Å²) >= 11 is 0. The van der Waals surface area contributed by atoms with Crippen molar-refractivity contribution in [1.82, 2.24) is 30.0 Å². The highest BCUT2D eigenvalue weighted by Gasteiger charge is 2.28. The first kappa shape index (κ1) is 19.3. The fourth-order valence-electron chi connectivity index (χ4n) is 3.26. The van der Waals surface area contributed by atoms with Crippen molar-refractivity contribution in [1.29, 1.82) is 0 Å². The van der Waals surface area contributed by atoms with Gasteiger partial charge in [0, 0.05) is 32.5 Å². The fraction of sp³-hybridized carbons (Fsp3) is 0.579. The van der Waals surface area contributed by atoms with Crippen LogP contribution in [0, 0.1) is 5.92 Å². The van der Waals surface area contributed by atoms with E-state index in [-0.39, 0.29) is 24.1 Å². The third-order valence-electron chi connectivity index (χ3n) is 4.91. The molecule has 146 valence electrons. The molecule has 1 aliphatic rings. The number of urea groups is 1. The minimum Gasteiger partial charge on any atom is -0.373 e. The highest BCUT2D eigenvalue weighted by Crippen LogP contribution is 2.21. The van der Waals surface area contributed by atoms with Gasteiger partial charge >= 0.3 is 6.03 Å². The zero-order valence-electron chi connectivity index (χ0n) is 16.2. The quantitative estimate of drug-likeness (QED) is 0.841. The maximum Gasteiger partial charge on any atom is 0.317 e. The van der Waals surface area contributed by atoms with Crippen molar-refractivity contribution < 1.29 is 9.53 Å². The van der Waals surface area contributed by atoms with E-state index in [4.69, 9.17) is 4.74 Å². The van der Waals surface area contributed by atoms with Gasteiger partial charge in [-0.25, -0.2) is 9.78 Å². The fourth-order valence-corrected chi connectivity index (χ4v) is 3.26. The molecule has 2 amide bonds. The molecule has 27 heavy (non-hydrogen) atoms. The van der Waals surface area contributed by atoms with Crippen molar-refractivity contribution in [3.8, 4) is 0 Å². The lowest BCUT2D eigenvalue weighted by Crippen LogP contribution is -2.48. The van der Waals surface area contributed by atoms with Crippen LogP contribution < -0.4 is 5.32 Å². The van der Waals surface area contributed by atoms with Gasteiger partial charge in [0.2, 0.25) is 0 Å². The Balaban J connectivity index is 1.48. The molecule has 0 unspecified atom stereocenters. The van der Waals surface area contributed by atoms with E-state index < -0.39 is 0 Å². The molecule has 0 bridgehead atoms. The van der Waals surface area contributed by atoms with E-state index in [0.29, 0.717) is 19.7 Å². The van der Waals surface area contributed by atoms with Crippen molar-refractivity contribution in [2.75, 3.05) is 13.1 Å². The Morgan fingerprint density at radius 1 is 1.37 bits per heavy atom. The van der Waals surface area contributed by atoms with Crippen LogP contribution in [0.5, 0.6) is 0 Å². The van der Waals surface area contributed by atoms with Gasteiger partial charge in [0.05, 0.1) is 18.8 Å². The van der Waals surface area contributed by atoms with E-state index in [9.17, 15) is 4.79 Å². The Hall–Kier alpha value is -2.48. The van der Waals surface area contributed by atoms with Crippen molar-refractivity contribution in [3.05, 3.63) is 42.2 Å². The Morgan fingerprint density at radius 3 is 2.74 bits per heavy atom. The molecule has 1 saturated heterocycles. The number of nitrogens with one attached hydrogen (secondary N) is 1. The van der Waals surface area contributed by atoms with Crippen LogP contribution in [-0.2, 0) is 18.4 Å². The second-order valence-corrected chi connectivity index (χ2v) is 7.27. The van der Waals surface area contributed by atoms with Gasteiger partial charge in [-0.05, 0) is 30.4 Å². The Kier molecular flexibility index (Phi) is 6.39. The smallest absolute Gasteiger partial charge is 0.317 e. The number of rotatable bonds is 6. The van der Waals surface area contributed by atoms with Crippen LogP contribution in [0.15, 0.2) is 30.9 Å². The molecular weight excluding hydrogens is 344 g/mol. The highest BCUT2D eigenvalue weighted by molar-refractivity contribution is 5.74. The topological polar surface area (TPSA) is 85.2 Å². The molecule has 1 fully saturated rings. The number of pyridine rings is 1. The zero-order valence-corrected chi connectivity index (χ0v) is 16.2. The van der Waals surface area contributed by atoms with Crippen molar-refractivity contribution in [3.63, 3.8) is 0 Å². The van der Waals surface area contributed by atoms with Crippen LogP contribution in [0.2, 0.25) is 0 Å². The molecule has 8 nitrogen and oxygen atoms in total. The maximum absolute atomic E-state index is 12.7. The van der Waals surface area contributed by atoms with Crippen molar-refractivity contribution in [2.24, 2.45) is 13.0 Å². The van der Waals surface area contributed by atoms with Crippen LogP contribution in [-0.4, -0.2) is 49.9 Å². The molecule has 3 rings (SSSR count). The van der Waals surface area contributed by atoms with Gasteiger partial charge in [0.1, 0.15) is 12.2 Å². The summed E-state index contributed by atoms with van der Waals surface area (Å²) in [6, 6.07) is 3.70. The van der Waals surface area contributed by atoms with Crippen LogP contribution >= 0.6 is 0 Å². The van der Waals surface area contributed by atoms with Gasteiger partial charge < -0.3 is 15.0 Å². The standard InChI is InChI=1S/C19H28N6O2/c1-14(2)17(18-21-13-22-24(18)3)23-19(26)25-9-6-16(7-10-25)27-12-15-5-4-8-20-11-15/h4-5,8,11,13-14,16-17H,6-7,9-10,12H2,1-3H3,(H,23,26)/t17-/m0/s1. The molecular formula is C19H28N6O2. The van der Waals surface area contributed by atoms with Gasteiger partial charge in [0.25, 0.3) is 0 Å². The van der Waals surface area contributed by atoms with E-state index in [1.54, 1.807) is 10.9 Å². The second-order valence-electron chi connectivity index (χ2n) is 7.27. The van der Waals surface area contributed by atoms with E-state index >= 15 is 0 Å². The monoisotopic (exact) mass is 372 g/mol. The SMILES string of the molecule is CC(C)[C@H](NC(=O)N1CCC(OCc2cccnc2)CC1)c1ncnn1C. The number of piperidine rings is 1. The molecule has 0 saturated carbocycles. The van der Waals surface area contributed by atoms with Crippen LogP contribution in [0.25, 0.3) is 0 Å².